The number of benzene rings is 1. The molecule has 6 heteroatoms. The molecule has 1 aromatic carbocycles. The molecule has 2 rings (SSSR count). The van der Waals surface area contributed by atoms with Crippen molar-refractivity contribution in [1.29, 1.82) is 0 Å². The second-order valence-corrected chi connectivity index (χ2v) is 2.46. The molecule has 0 saturated carbocycles. The van der Waals surface area contributed by atoms with E-state index in [0.29, 0.717) is 0 Å². The molecule has 0 aliphatic heterocycles. The molecule has 2 aromatic rings. The van der Waals surface area contributed by atoms with Crippen LogP contribution >= 0.6 is 0 Å². The maximum Gasteiger partial charge on any atom is 0.338 e. The van der Waals surface area contributed by atoms with E-state index in [0.717, 1.165) is 0 Å². The van der Waals surface area contributed by atoms with Crippen LogP contribution < -0.4 is 0 Å². The Labute approximate surface area is 71.8 Å². The summed E-state index contributed by atoms with van der Waals surface area (Å²) in [6.45, 7) is 0. The third-order valence-corrected chi connectivity index (χ3v) is 1.68. The van der Waals surface area contributed by atoms with Gasteiger partial charge in [0, 0.05) is 0 Å². The number of carbonyl (C=O) groups is 1. The minimum Gasteiger partial charge on any atom is -0.506 e. The lowest BCUT2D eigenvalue weighted by atomic mass is 10.2. The van der Waals surface area contributed by atoms with Gasteiger partial charge in [-0.3, -0.25) is 0 Å². The van der Waals surface area contributed by atoms with Crippen LogP contribution in [0.15, 0.2) is 12.1 Å². The van der Waals surface area contributed by atoms with Crippen LogP contribution in [0.4, 0.5) is 0 Å². The van der Waals surface area contributed by atoms with Crippen molar-refractivity contribution in [2.75, 3.05) is 0 Å². The summed E-state index contributed by atoms with van der Waals surface area (Å²) in [6, 6.07) is 2.55. The lowest BCUT2D eigenvalue weighted by molar-refractivity contribution is 0.0699. The number of nitrogens with one attached hydrogen (secondary N) is 1. The van der Waals surface area contributed by atoms with Gasteiger partial charge in [0.15, 0.2) is 5.52 Å². The zero-order valence-electron chi connectivity index (χ0n) is 6.35. The predicted octanol–water partition coefficient (Wildman–Crippen LogP) is 0.362. The number of hydrogen-bond donors (Lipinski definition) is 3. The molecule has 0 atom stereocenters. The topological polar surface area (TPSA) is 99.1 Å². The lowest BCUT2D eigenvalue weighted by Crippen LogP contribution is -1.97. The fraction of sp³-hybridized carbons (Fsp3) is 0. The van der Waals surface area contributed by atoms with Gasteiger partial charge in [-0.25, -0.2) is 4.79 Å². The zero-order valence-corrected chi connectivity index (χ0v) is 6.35. The summed E-state index contributed by atoms with van der Waals surface area (Å²) in [5.74, 6) is -1.19. The first-order valence-corrected chi connectivity index (χ1v) is 3.46. The normalized spacial score (nSPS) is 10.5. The summed E-state index contributed by atoms with van der Waals surface area (Å²) in [5, 5.41) is 27.5. The summed E-state index contributed by atoms with van der Waals surface area (Å²) in [5.41, 5.74) is 0.342. The van der Waals surface area contributed by atoms with Crippen LogP contribution in [0.5, 0.6) is 5.75 Å². The number of nitrogens with zero attached hydrogens (tertiary/aromatic N) is 2. The van der Waals surface area contributed by atoms with Crippen LogP contribution in [0.25, 0.3) is 11.0 Å². The van der Waals surface area contributed by atoms with Crippen LogP contribution in [0.1, 0.15) is 10.4 Å². The van der Waals surface area contributed by atoms with Crippen LogP contribution in [0.3, 0.4) is 0 Å². The monoisotopic (exact) mass is 179 g/mol. The van der Waals surface area contributed by atoms with E-state index in [-0.39, 0.29) is 22.3 Å². The Kier molecular flexibility index (Phi) is 1.42. The van der Waals surface area contributed by atoms with E-state index in [2.05, 4.69) is 15.4 Å². The van der Waals surface area contributed by atoms with Gasteiger partial charge >= 0.3 is 5.97 Å². The Bertz CT molecular complexity index is 477. The molecule has 0 aliphatic rings. The summed E-state index contributed by atoms with van der Waals surface area (Å²) < 4.78 is 0. The van der Waals surface area contributed by atoms with E-state index in [4.69, 9.17) is 5.11 Å². The molecule has 0 amide bonds. The van der Waals surface area contributed by atoms with E-state index in [1.165, 1.54) is 12.1 Å². The van der Waals surface area contributed by atoms with Crippen molar-refractivity contribution in [1.82, 2.24) is 15.4 Å². The van der Waals surface area contributed by atoms with Gasteiger partial charge in [0.05, 0.1) is 5.56 Å². The van der Waals surface area contributed by atoms with Crippen molar-refractivity contribution >= 4 is 17.0 Å². The average molecular weight is 179 g/mol. The summed E-state index contributed by atoms with van der Waals surface area (Å²) in [6.07, 6.45) is 0. The quantitative estimate of drug-likeness (QED) is 0.587. The van der Waals surface area contributed by atoms with Crippen molar-refractivity contribution in [3.63, 3.8) is 0 Å². The van der Waals surface area contributed by atoms with Crippen molar-refractivity contribution in [3.05, 3.63) is 17.7 Å². The number of phenolic OH excluding ortho intramolecular Hbond substituents is 1. The van der Waals surface area contributed by atoms with Gasteiger partial charge in [-0.15, -0.1) is 0 Å². The first kappa shape index (κ1) is 7.53. The predicted molar refractivity (Wildman–Crippen MR) is 42.5 cm³/mol. The molecule has 0 unspecified atom stereocenters. The highest BCUT2D eigenvalue weighted by molar-refractivity contribution is 6.02. The Balaban J connectivity index is 2.86. The minimum absolute atomic E-state index is 0.0153. The Morgan fingerprint density at radius 3 is 2.69 bits per heavy atom. The van der Waals surface area contributed by atoms with Crippen molar-refractivity contribution in [3.8, 4) is 5.75 Å². The highest BCUT2D eigenvalue weighted by Crippen LogP contribution is 2.23. The first-order chi connectivity index (χ1) is 6.20. The number of carboxylic acid groups (broad SMARTS) is 1. The Hall–Kier alpha value is -2.11. The lowest BCUT2D eigenvalue weighted by Gasteiger charge is -1.95. The molecular weight excluding hydrogens is 174 g/mol. The molecule has 3 N–H and O–H groups in total. The summed E-state index contributed by atoms with van der Waals surface area (Å²) in [7, 11) is 0. The number of aromatic amines is 1. The number of aromatic nitrogens is 3. The standard InChI is InChI=1S/C7H5N3O3/c11-4-2-1-3(7(12)13)5-6(4)9-10-8-5/h1-2,11H,(H,12,13)(H,8,9,10). The molecule has 0 fully saturated rings. The number of carboxylic acids is 1. The second kappa shape index (κ2) is 2.44. The first-order valence-electron chi connectivity index (χ1n) is 3.46. The van der Waals surface area contributed by atoms with Crippen LogP contribution in [0.2, 0.25) is 0 Å². The Morgan fingerprint density at radius 2 is 2.00 bits per heavy atom. The maximum atomic E-state index is 10.7. The van der Waals surface area contributed by atoms with Crippen molar-refractivity contribution in [2.45, 2.75) is 0 Å². The fourth-order valence-electron chi connectivity index (χ4n) is 1.09. The minimum atomic E-state index is -1.10. The zero-order chi connectivity index (χ0) is 9.42. The number of H-pyrrole nitrogens is 1. The highest BCUT2D eigenvalue weighted by atomic mass is 16.4. The van der Waals surface area contributed by atoms with Gasteiger partial charge < -0.3 is 10.2 Å². The summed E-state index contributed by atoms with van der Waals surface area (Å²) in [4.78, 5) is 10.7. The smallest absolute Gasteiger partial charge is 0.338 e. The number of phenols is 1. The van der Waals surface area contributed by atoms with Crippen LogP contribution in [-0.2, 0) is 0 Å². The molecule has 1 heterocycles. The van der Waals surface area contributed by atoms with E-state index in [1.807, 2.05) is 0 Å². The molecule has 66 valence electrons. The van der Waals surface area contributed by atoms with Gasteiger partial charge in [0.25, 0.3) is 0 Å². The Morgan fingerprint density at radius 1 is 1.31 bits per heavy atom. The number of aromatic hydroxyl groups is 1. The van der Waals surface area contributed by atoms with Crippen molar-refractivity contribution in [2.24, 2.45) is 0 Å². The van der Waals surface area contributed by atoms with Crippen LogP contribution in [-0.4, -0.2) is 31.6 Å². The maximum absolute atomic E-state index is 10.7. The third-order valence-electron chi connectivity index (χ3n) is 1.68. The molecule has 6 nitrogen and oxygen atoms in total. The molecule has 13 heavy (non-hydrogen) atoms. The van der Waals surface area contributed by atoms with Gasteiger partial charge in [-0.05, 0) is 12.1 Å². The summed E-state index contributed by atoms with van der Waals surface area (Å²) >= 11 is 0. The van der Waals surface area contributed by atoms with E-state index in [9.17, 15) is 9.90 Å². The molecule has 0 bridgehead atoms. The van der Waals surface area contributed by atoms with Gasteiger partial charge in [-0.2, -0.15) is 15.4 Å². The molecule has 0 radical (unpaired) electrons. The van der Waals surface area contributed by atoms with Gasteiger partial charge in [-0.1, -0.05) is 0 Å². The number of aromatic carboxylic acids is 1. The number of hydrogen-bond acceptors (Lipinski definition) is 4. The molecule has 0 aliphatic carbocycles. The number of rotatable bonds is 1. The molecule has 0 saturated heterocycles. The number of fused-ring (bicyclic) bond motifs is 1. The largest absolute Gasteiger partial charge is 0.506 e. The van der Waals surface area contributed by atoms with E-state index < -0.39 is 5.97 Å². The third kappa shape index (κ3) is 0.994. The van der Waals surface area contributed by atoms with E-state index in [1.54, 1.807) is 0 Å². The fourth-order valence-corrected chi connectivity index (χ4v) is 1.09. The van der Waals surface area contributed by atoms with Gasteiger partial charge in [0.1, 0.15) is 11.3 Å². The molecule has 0 spiro atoms. The average Bonchev–Trinajstić information content (AvgIpc) is 2.53. The SMILES string of the molecule is O=C(O)c1ccc(O)c2n[nH]nc12. The van der Waals surface area contributed by atoms with E-state index >= 15 is 0 Å². The molecular formula is C7H5N3O3. The van der Waals surface area contributed by atoms with Crippen LogP contribution in [0, 0.1) is 0 Å². The van der Waals surface area contributed by atoms with Crippen molar-refractivity contribution < 1.29 is 15.0 Å². The highest BCUT2D eigenvalue weighted by Gasteiger charge is 2.13. The second-order valence-electron chi connectivity index (χ2n) is 2.46. The molecule has 1 aromatic heterocycles. The van der Waals surface area contributed by atoms with Gasteiger partial charge in [0.2, 0.25) is 0 Å².